The van der Waals surface area contributed by atoms with Gasteiger partial charge < -0.3 is 4.57 Å². The van der Waals surface area contributed by atoms with E-state index in [0.717, 1.165) is 5.56 Å². The molecule has 3 rings (SSSR count). The first-order valence-electron chi connectivity index (χ1n) is 8.64. The summed E-state index contributed by atoms with van der Waals surface area (Å²) >= 11 is 5.85. The van der Waals surface area contributed by atoms with E-state index in [4.69, 9.17) is 11.6 Å². The Bertz CT molecular complexity index is 820. The molecule has 0 radical (unpaired) electrons. The summed E-state index contributed by atoms with van der Waals surface area (Å²) in [6.07, 6.45) is 8.17. The van der Waals surface area contributed by atoms with Gasteiger partial charge in [-0.2, -0.15) is 0 Å². The van der Waals surface area contributed by atoms with Gasteiger partial charge in [-0.15, -0.1) is 0 Å². The summed E-state index contributed by atoms with van der Waals surface area (Å²) < 4.78 is 2.42. The molecule has 2 aromatic rings. The van der Waals surface area contributed by atoms with Crippen molar-refractivity contribution in [2.75, 3.05) is 0 Å². The maximum Gasteiger partial charge on any atom is 0.290 e. The minimum Gasteiger partial charge on any atom is -0.345 e. The van der Waals surface area contributed by atoms with Crippen LogP contribution in [0.2, 0.25) is 5.02 Å². The van der Waals surface area contributed by atoms with Crippen molar-refractivity contribution >= 4 is 29.2 Å². The lowest BCUT2D eigenvalue weighted by Crippen LogP contribution is -2.15. The quantitative estimate of drug-likeness (QED) is 0.386. The van der Waals surface area contributed by atoms with Crippen LogP contribution < -0.4 is 0 Å². The highest BCUT2D eigenvalue weighted by Gasteiger charge is 2.19. The molecular weight excluding hydrogens is 338 g/mol. The Morgan fingerprint density at radius 2 is 1.96 bits per heavy atom. The predicted octanol–water partition coefficient (Wildman–Crippen LogP) is 5.92. The van der Waals surface area contributed by atoms with Crippen LogP contribution in [-0.4, -0.2) is 15.7 Å². The molecule has 0 bridgehead atoms. The van der Waals surface area contributed by atoms with E-state index in [1.165, 1.54) is 55.6 Å². The van der Waals surface area contributed by atoms with Gasteiger partial charge in [-0.25, -0.2) is 0 Å². The molecule has 5 nitrogen and oxygen atoms in total. The molecule has 1 aromatic heterocycles. The number of nitro benzene ring substituents is 1. The Morgan fingerprint density at radius 1 is 1.24 bits per heavy atom. The van der Waals surface area contributed by atoms with Gasteiger partial charge in [0.15, 0.2) is 0 Å². The average molecular weight is 360 g/mol. The van der Waals surface area contributed by atoms with E-state index in [0.29, 0.717) is 11.7 Å². The molecule has 25 heavy (non-hydrogen) atoms. The molecule has 1 aliphatic carbocycles. The molecule has 0 atom stereocenters. The lowest BCUT2D eigenvalue weighted by atomic mass is 9.95. The minimum absolute atomic E-state index is 0.121. The topological polar surface area (TPSA) is 60.4 Å². The molecule has 6 heteroatoms. The molecule has 0 amide bonds. The van der Waals surface area contributed by atoms with E-state index in [1.807, 2.05) is 0 Å². The first-order chi connectivity index (χ1) is 12.0. The van der Waals surface area contributed by atoms with E-state index in [-0.39, 0.29) is 10.7 Å². The highest BCUT2D eigenvalue weighted by molar-refractivity contribution is 6.32. The van der Waals surface area contributed by atoms with Gasteiger partial charge in [0.1, 0.15) is 5.02 Å². The lowest BCUT2D eigenvalue weighted by Gasteiger charge is -2.26. The summed E-state index contributed by atoms with van der Waals surface area (Å²) in [5.41, 5.74) is 3.91. The van der Waals surface area contributed by atoms with Gasteiger partial charge in [0.25, 0.3) is 5.69 Å². The second-order valence-electron chi connectivity index (χ2n) is 6.64. The minimum atomic E-state index is -0.490. The fraction of sp³-hybridized carbons (Fsp3) is 0.421. The third kappa shape index (κ3) is 3.76. The van der Waals surface area contributed by atoms with Crippen LogP contribution in [0.15, 0.2) is 29.3 Å². The van der Waals surface area contributed by atoms with Crippen LogP contribution in [0.1, 0.15) is 55.1 Å². The summed E-state index contributed by atoms with van der Waals surface area (Å²) in [6.45, 7) is 4.25. The Kier molecular flexibility index (Phi) is 5.23. The number of benzene rings is 1. The lowest BCUT2D eigenvalue weighted by molar-refractivity contribution is -0.384. The highest BCUT2D eigenvalue weighted by Crippen LogP contribution is 2.32. The normalized spacial score (nSPS) is 15.8. The second kappa shape index (κ2) is 7.40. The number of hydrogen-bond acceptors (Lipinski definition) is 3. The fourth-order valence-corrected chi connectivity index (χ4v) is 3.89. The number of hydrogen-bond donors (Lipinski definition) is 0. The Hall–Kier alpha value is -2.14. The standard InChI is InChI=1S/C19H22ClN3O2/c1-13-10-15(14(2)22(13)17-6-4-3-5-7-17)12-21-16-8-9-18(20)19(11-16)23(24)25/h8-12,17H,3-7H2,1-2H3. The number of halogens is 1. The Balaban J connectivity index is 1.87. The van der Waals surface area contributed by atoms with Crippen LogP contribution in [0.25, 0.3) is 0 Å². The summed E-state index contributed by atoms with van der Waals surface area (Å²) in [7, 11) is 0. The summed E-state index contributed by atoms with van der Waals surface area (Å²) in [6, 6.07) is 7.31. The Morgan fingerprint density at radius 3 is 2.64 bits per heavy atom. The van der Waals surface area contributed by atoms with E-state index < -0.39 is 4.92 Å². The van der Waals surface area contributed by atoms with Crippen molar-refractivity contribution in [3.63, 3.8) is 0 Å². The number of aromatic nitrogens is 1. The molecule has 0 spiro atoms. The molecular formula is C19H22ClN3O2. The van der Waals surface area contributed by atoms with Crippen molar-refractivity contribution < 1.29 is 4.92 Å². The van der Waals surface area contributed by atoms with Crippen LogP contribution in [-0.2, 0) is 0 Å². The third-order valence-electron chi connectivity index (χ3n) is 4.94. The molecule has 1 saturated carbocycles. The molecule has 1 heterocycles. The first kappa shape index (κ1) is 17.7. The molecule has 1 fully saturated rings. The van der Waals surface area contributed by atoms with Gasteiger partial charge in [-0.05, 0) is 44.9 Å². The molecule has 0 saturated heterocycles. The zero-order valence-corrected chi connectivity index (χ0v) is 15.3. The van der Waals surface area contributed by atoms with E-state index in [1.54, 1.807) is 12.3 Å². The number of aliphatic imine (C=N–C) groups is 1. The predicted molar refractivity (Wildman–Crippen MR) is 101 cm³/mol. The number of aryl methyl sites for hydroxylation is 1. The Labute approximate surface area is 152 Å². The SMILES string of the molecule is Cc1cc(C=Nc2ccc(Cl)c([N+](=O)[O-])c2)c(C)n1C1CCCCC1. The summed E-state index contributed by atoms with van der Waals surface area (Å²) in [5, 5.41) is 11.1. The van der Waals surface area contributed by atoms with Gasteiger partial charge in [-0.1, -0.05) is 30.9 Å². The van der Waals surface area contributed by atoms with Gasteiger partial charge in [0, 0.05) is 35.3 Å². The zero-order valence-electron chi connectivity index (χ0n) is 14.5. The van der Waals surface area contributed by atoms with Crippen LogP contribution in [0.4, 0.5) is 11.4 Å². The van der Waals surface area contributed by atoms with E-state index in [9.17, 15) is 10.1 Å². The summed E-state index contributed by atoms with van der Waals surface area (Å²) in [4.78, 5) is 14.9. The van der Waals surface area contributed by atoms with Gasteiger partial charge in [-0.3, -0.25) is 15.1 Å². The average Bonchev–Trinajstić information content (AvgIpc) is 2.88. The maximum atomic E-state index is 11.0. The highest BCUT2D eigenvalue weighted by atomic mass is 35.5. The van der Waals surface area contributed by atoms with Crippen LogP contribution >= 0.6 is 11.6 Å². The molecule has 0 N–H and O–H groups in total. The zero-order chi connectivity index (χ0) is 18.0. The largest absolute Gasteiger partial charge is 0.345 e. The molecule has 1 aliphatic rings. The van der Waals surface area contributed by atoms with Crippen LogP contribution in [0.5, 0.6) is 0 Å². The van der Waals surface area contributed by atoms with Crippen molar-refractivity contribution in [1.82, 2.24) is 4.57 Å². The number of nitro groups is 1. The smallest absolute Gasteiger partial charge is 0.290 e. The van der Waals surface area contributed by atoms with Crippen molar-refractivity contribution in [2.45, 2.75) is 52.0 Å². The maximum absolute atomic E-state index is 11.0. The van der Waals surface area contributed by atoms with Crippen LogP contribution in [0.3, 0.4) is 0 Å². The second-order valence-corrected chi connectivity index (χ2v) is 7.05. The van der Waals surface area contributed by atoms with Crippen molar-refractivity contribution in [1.29, 1.82) is 0 Å². The monoisotopic (exact) mass is 359 g/mol. The van der Waals surface area contributed by atoms with Crippen LogP contribution in [0, 0.1) is 24.0 Å². The van der Waals surface area contributed by atoms with Gasteiger partial charge >= 0.3 is 0 Å². The van der Waals surface area contributed by atoms with E-state index in [2.05, 4.69) is 29.5 Å². The third-order valence-corrected chi connectivity index (χ3v) is 5.26. The van der Waals surface area contributed by atoms with E-state index >= 15 is 0 Å². The molecule has 132 valence electrons. The van der Waals surface area contributed by atoms with Crippen molar-refractivity contribution in [2.24, 2.45) is 4.99 Å². The summed E-state index contributed by atoms with van der Waals surface area (Å²) in [5.74, 6) is 0. The first-order valence-corrected chi connectivity index (χ1v) is 9.01. The fourth-order valence-electron chi connectivity index (χ4n) is 3.70. The van der Waals surface area contributed by atoms with Crippen molar-refractivity contribution in [3.05, 3.63) is 56.4 Å². The van der Waals surface area contributed by atoms with Gasteiger partial charge in [0.05, 0.1) is 10.6 Å². The van der Waals surface area contributed by atoms with Gasteiger partial charge in [0.2, 0.25) is 0 Å². The number of nitrogens with zero attached hydrogens (tertiary/aromatic N) is 3. The molecule has 0 aliphatic heterocycles. The molecule has 0 unspecified atom stereocenters. The molecule has 1 aromatic carbocycles. The number of rotatable bonds is 4. The van der Waals surface area contributed by atoms with Crippen molar-refractivity contribution in [3.8, 4) is 0 Å².